The third-order valence-corrected chi connectivity index (χ3v) is 5.58. The van der Waals surface area contributed by atoms with Gasteiger partial charge in [0.2, 0.25) is 0 Å². The largest absolute Gasteiger partial charge is 0.318 e. The Balaban J connectivity index is 1.75. The molecule has 2 aromatic carbocycles. The van der Waals surface area contributed by atoms with Gasteiger partial charge in [0, 0.05) is 22.1 Å². The topological polar surface area (TPSA) is 54.3 Å². The molecule has 1 N–H and O–H groups in total. The maximum absolute atomic E-state index is 13.3. The molecule has 4 rings (SSSR count). The van der Waals surface area contributed by atoms with E-state index in [9.17, 15) is 14.0 Å². The van der Waals surface area contributed by atoms with Crippen LogP contribution in [0.4, 0.5) is 10.1 Å². The van der Waals surface area contributed by atoms with Gasteiger partial charge in [0.1, 0.15) is 11.4 Å². The first-order valence-electron chi connectivity index (χ1n) is 9.38. The van der Waals surface area contributed by atoms with Gasteiger partial charge in [-0.2, -0.15) is 0 Å². The Morgan fingerprint density at radius 3 is 2.26 bits per heavy atom. The Morgan fingerprint density at radius 1 is 1.00 bits per heavy atom. The van der Waals surface area contributed by atoms with Crippen molar-refractivity contribution < 1.29 is 14.0 Å². The Kier molecular flexibility index (Phi) is 5.47. The van der Waals surface area contributed by atoms with Gasteiger partial charge in [-0.25, -0.2) is 4.39 Å². The van der Waals surface area contributed by atoms with Crippen molar-refractivity contribution >= 4 is 52.5 Å². The van der Waals surface area contributed by atoms with Crippen molar-refractivity contribution in [1.82, 2.24) is 9.88 Å². The normalized spacial score (nSPS) is 15.5. The molecule has 1 fully saturated rings. The second-order valence-corrected chi connectivity index (χ2v) is 7.90. The summed E-state index contributed by atoms with van der Waals surface area (Å²) in [6, 6.07) is 14.6. The molecule has 3 aromatic rings. The van der Waals surface area contributed by atoms with Gasteiger partial charge in [0.05, 0.1) is 5.69 Å². The molecule has 0 radical (unpaired) electrons. The molecule has 0 saturated carbocycles. The van der Waals surface area contributed by atoms with Crippen molar-refractivity contribution in [3.8, 4) is 5.69 Å². The molecule has 0 aliphatic carbocycles. The lowest BCUT2D eigenvalue weighted by Crippen LogP contribution is -2.54. The van der Waals surface area contributed by atoms with Crippen LogP contribution in [-0.2, 0) is 9.59 Å². The van der Waals surface area contributed by atoms with E-state index in [1.165, 1.54) is 29.2 Å². The second kappa shape index (κ2) is 8.09. The number of hydrogen-bond donors (Lipinski definition) is 1. The van der Waals surface area contributed by atoms with E-state index in [4.69, 9.17) is 23.8 Å². The van der Waals surface area contributed by atoms with Crippen LogP contribution in [0.15, 0.2) is 60.2 Å². The summed E-state index contributed by atoms with van der Waals surface area (Å²) >= 11 is 11.2. The van der Waals surface area contributed by atoms with E-state index >= 15 is 0 Å². The monoisotopic (exact) mass is 453 g/mol. The average Bonchev–Trinajstić information content (AvgIpc) is 3.00. The number of carbonyl (C=O) groups excluding carboxylic acids is 2. The van der Waals surface area contributed by atoms with Crippen LogP contribution in [0.5, 0.6) is 0 Å². The molecule has 2 amide bonds. The Bertz CT molecular complexity index is 1250. The van der Waals surface area contributed by atoms with Crippen molar-refractivity contribution in [2.45, 2.75) is 13.8 Å². The van der Waals surface area contributed by atoms with E-state index in [0.717, 1.165) is 22.6 Å². The zero-order valence-electron chi connectivity index (χ0n) is 16.6. The first-order chi connectivity index (χ1) is 14.8. The van der Waals surface area contributed by atoms with Crippen LogP contribution >= 0.6 is 23.8 Å². The van der Waals surface area contributed by atoms with Crippen LogP contribution in [0, 0.1) is 19.7 Å². The fourth-order valence-corrected chi connectivity index (χ4v) is 3.97. The summed E-state index contributed by atoms with van der Waals surface area (Å²) in [5.74, 6) is -1.59. The zero-order chi connectivity index (χ0) is 22.3. The number of carbonyl (C=O) groups is 2. The van der Waals surface area contributed by atoms with Crippen LogP contribution in [0.25, 0.3) is 11.8 Å². The third-order valence-electron chi connectivity index (χ3n) is 5.04. The van der Waals surface area contributed by atoms with Crippen LogP contribution in [0.3, 0.4) is 0 Å². The lowest BCUT2D eigenvalue weighted by atomic mass is 10.1. The molecular formula is C23H17ClFN3O2S. The van der Waals surface area contributed by atoms with Gasteiger partial charge >= 0.3 is 0 Å². The van der Waals surface area contributed by atoms with E-state index < -0.39 is 17.6 Å². The number of halogens is 2. The Hall–Kier alpha value is -3.29. The number of nitrogens with zero attached hydrogens (tertiary/aromatic N) is 2. The minimum Gasteiger partial charge on any atom is -0.318 e. The quantitative estimate of drug-likeness (QED) is 0.355. The highest BCUT2D eigenvalue weighted by Gasteiger charge is 2.34. The Labute approximate surface area is 188 Å². The van der Waals surface area contributed by atoms with E-state index in [1.807, 2.05) is 36.6 Å². The van der Waals surface area contributed by atoms with Crippen LogP contribution < -0.4 is 10.2 Å². The van der Waals surface area contributed by atoms with Gasteiger partial charge in [0.15, 0.2) is 5.11 Å². The predicted molar refractivity (Wildman–Crippen MR) is 123 cm³/mol. The summed E-state index contributed by atoms with van der Waals surface area (Å²) in [6.45, 7) is 3.84. The minimum atomic E-state index is -0.579. The first kappa shape index (κ1) is 21.0. The molecule has 0 spiro atoms. The van der Waals surface area contributed by atoms with Crippen LogP contribution in [0.1, 0.15) is 17.0 Å². The molecule has 8 heteroatoms. The van der Waals surface area contributed by atoms with E-state index in [1.54, 1.807) is 18.2 Å². The molecule has 1 aliphatic rings. The molecule has 1 aromatic heterocycles. The van der Waals surface area contributed by atoms with Crippen LogP contribution in [0.2, 0.25) is 5.02 Å². The van der Waals surface area contributed by atoms with Crippen molar-refractivity contribution in [3.63, 3.8) is 0 Å². The lowest BCUT2D eigenvalue weighted by Gasteiger charge is -2.28. The van der Waals surface area contributed by atoms with Crippen molar-refractivity contribution in [1.29, 1.82) is 0 Å². The minimum absolute atomic E-state index is 0.0506. The number of nitrogens with one attached hydrogen (secondary N) is 1. The number of aromatic nitrogens is 1. The first-order valence-corrected chi connectivity index (χ1v) is 10.2. The van der Waals surface area contributed by atoms with Gasteiger partial charge in [-0.15, -0.1) is 0 Å². The third kappa shape index (κ3) is 3.89. The highest BCUT2D eigenvalue weighted by molar-refractivity contribution is 7.80. The zero-order valence-corrected chi connectivity index (χ0v) is 18.2. The summed E-state index contributed by atoms with van der Waals surface area (Å²) in [7, 11) is 0. The SMILES string of the molecule is Cc1cc(C=C2C(=O)NC(=S)N(c3ccc(F)cc3)C2=O)c(C)n1-c1ccc(Cl)cc1. The molecule has 0 atom stereocenters. The van der Waals surface area contributed by atoms with Gasteiger partial charge in [-0.1, -0.05) is 11.6 Å². The number of benzene rings is 2. The molecular weight excluding hydrogens is 437 g/mol. The van der Waals surface area contributed by atoms with Crippen molar-refractivity contribution in [3.05, 3.63) is 88.0 Å². The van der Waals surface area contributed by atoms with Gasteiger partial charge in [-0.05, 0) is 92.3 Å². The van der Waals surface area contributed by atoms with Crippen LogP contribution in [-0.4, -0.2) is 21.5 Å². The molecule has 0 unspecified atom stereocenters. The summed E-state index contributed by atoms with van der Waals surface area (Å²) in [4.78, 5) is 26.9. The number of thiocarbonyl (C=S) groups is 1. The van der Waals surface area contributed by atoms with E-state index in [-0.39, 0.29) is 10.7 Å². The maximum atomic E-state index is 13.3. The smallest absolute Gasteiger partial charge is 0.270 e. The summed E-state index contributed by atoms with van der Waals surface area (Å²) < 4.78 is 15.3. The van der Waals surface area contributed by atoms with Gasteiger partial charge in [-0.3, -0.25) is 19.8 Å². The second-order valence-electron chi connectivity index (χ2n) is 7.07. The highest BCUT2D eigenvalue weighted by Crippen LogP contribution is 2.26. The molecule has 2 heterocycles. The number of aryl methyl sites for hydroxylation is 1. The fourth-order valence-electron chi connectivity index (χ4n) is 3.56. The van der Waals surface area contributed by atoms with Crippen molar-refractivity contribution in [2.24, 2.45) is 0 Å². The van der Waals surface area contributed by atoms with Crippen molar-refractivity contribution in [2.75, 3.05) is 4.90 Å². The summed E-state index contributed by atoms with van der Waals surface area (Å²) in [5.41, 5.74) is 3.73. The highest BCUT2D eigenvalue weighted by atomic mass is 35.5. The number of hydrogen-bond acceptors (Lipinski definition) is 3. The number of anilines is 1. The molecule has 5 nitrogen and oxygen atoms in total. The van der Waals surface area contributed by atoms with E-state index in [2.05, 4.69) is 5.32 Å². The molecule has 0 bridgehead atoms. The van der Waals surface area contributed by atoms with Gasteiger partial charge in [0.25, 0.3) is 11.8 Å². The van der Waals surface area contributed by atoms with Gasteiger partial charge < -0.3 is 4.57 Å². The molecule has 1 aliphatic heterocycles. The maximum Gasteiger partial charge on any atom is 0.270 e. The standard InChI is InChI=1S/C23H17ClFN3O2S/c1-13-11-15(14(2)27(13)18-7-3-16(24)4-8-18)12-20-21(29)26-23(31)28(22(20)30)19-9-5-17(25)6-10-19/h3-12H,1-2H3,(H,26,29,31). The summed E-state index contributed by atoms with van der Waals surface area (Å²) in [5, 5.41) is 3.12. The molecule has 31 heavy (non-hydrogen) atoms. The lowest BCUT2D eigenvalue weighted by molar-refractivity contribution is -0.122. The molecule has 156 valence electrons. The predicted octanol–water partition coefficient (Wildman–Crippen LogP) is 4.72. The molecule has 1 saturated heterocycles. The average molecular weight is 454 g/mol. The Morgan fingerprint density at radius 2 is 1.61 bits per heavy atom. The number of amides is 2. The summed E-state index contributed by atoms with van der Waals surface area (Å²) in [6.07, 6.45) is 1.55. The number of rotatable bonds is 3. The van der Waals surface area contributed by atoms with E-state index in [0.29, 0.717) is 10.7 Å². The fraction of sp³-hybridized carbons (Fsp3) is 0.0870.